The van der Waals surface area contributed by atoms with Crippen LogP contribution in [0.5, 0.6) is 11.5 Å². The quantitative estimate of drug-likeness (QED) is 0.532. The molecule has 0 unspecified atom stereocenters. The molecule has 2 amide bonds. The molecule has 0 aliphatic heterocycles. The molecule has 2 aromatic carbocycles. The molecule has 0 fully saturated rings. The molecule has 1 atom stereocenters. The Balaban J connectivity index is 2.45. The molecule has 0 aliphatic carbocycles. The van der Waals surface area contributed by atoms with Crippen LogP contribution in [0.4, 0.5) is 5.69 Å². The highest BCUT2D eigenvalue weighted by atomic mass is 32.2. The van der Waals surface area contributed by atoms with Gasteiger partial charge in [0.15, 0.2) is 0 Å². The van der Waals surface area contributed by atoms with Crippen molar-refractivity contribution in [3.05, 3.63) is 54.1 Å². The van der Waals surface area contributed by atoms with E-state index in [0.29, 0.717) is 5.75 Å². The fourth-order valence-electron chi connectivity index (χ4n) is 3.42. The second-order valence-corrected chi connectivity index (χ2v) is 11.1. The molecule has 0 bridgehead atoms. The van der Waals surface area contributed by atoms with Crippen molar-refractivity contribution in [3.8, 4) is 11.5 Å². The Bertz CT molecular complexity index is 1130. The fourth-order valence-corrected chi connectivity index (χ4v) is 4.28. The van der Waals surface area contributed by atoms with Crippen molar-refractivity contribution >= 4 is 27.5 Å². The number of hydrogen-bond donors (Lipinski definition) is 1. The van der Waals surface area contributed by atoms with E-state index in [1.54, 1.807) is 19.1 Å². The Labute approximate surface area is 208 Å². The van der Waals surface area contributed by atoms with E-state index in [9.17, 15) is 18.0 Å². The summed E-state index contributed by atoms with van der Waals surface area (Å²) in [5.74, 6) is -0.164. The standard InChI is InChI=1S/C25H35N3O6S/c1-18(24(30)26-25(2,3)4)27(16-19-11-9-8-10-12-19)23(29)17-28(35(7,31)32)21-14-13-20(33-5)15-22(21)34-6/h8-15,18H,16-17H2,1-7H3,(H,26,30)/t18-/m0/s1. The molecule has 0 heterocycles. The number of hydrogen-bond acceptors (Lipinski definition) is 6. The van der Waals surface area contributed by atoms with Gasteiger partial charge >= 0.3 is 0 Å². The number of sulfonamides is 1. The maximum absolute atomic E-state index is 13.6. The van der Waals surface area contributed by atoms with E-state index in [2.05, 4.69) is 5.32 Å². The maximum Gasteiger partial charge on any atom is 0.244 e. The van der Waals surface area contributed by atoms with Gasteiger partial charge in [-0.1, -0.05) is 30.3 Å². The first-order chi connectivity index (χ1) is 16.3. The molecule has 9 nitrogen and oxygen atoms in total. The molecular weight excluding hydrogens is 470 g/mol. The first-order valence-electron chi connectivity index (χ1n) is 11.1. The van der Waals surface area contributed by atoms with Gasteiger partial charge in [0.2, 0.25) is 21.8 Å². The van der Waals surface area contributed by atoms with E-state index < -0.39 is 34.1 Å². The normalized spacial score (nSPS) is 12.4. The Morgan fingerprint density at radius 1 is 1.03 bits per heavy atom. The van der Waals surface area contributed by atoms with Crippen molar-refractivity contribution in [2.45, 2.75) is 45.8 Å². The smallest absolute Gasteiger partial charge is 0.244 e. The van der Waals surface area contributed by atoms with E-state index in [0.717, 1.165) is 16.1 Å². The number of anilines is 1. The molecule has 192 valence electrons. The predicted molar refractivity (Wildman–Crippen MR) is 136 cm³/mol. The topological polar surface area (TPSA) is 105 Å². The molecule has 2 aromatic rings. The molecule has 0 saturated heterocycles. The molecular formula is C25H35N3O6S. The molecule has 2 rings (SSSR count). The third-order valence-corrected chi connectivity index (χ3v) is 6.32. The molecule has 0 radical (unpaired) electrons. The van der Waals surface area contributed by atoms with E-state index >= 15 is 0 Å². The summed E-state index contributed by atoms with van der Waals surface area (Å²) in [6, 6.07) is 13.0. The van der Waals surface area contributed by atoms with E-state index in [-0.39, 0.29) is 23.9 Å². The Kier molecular flexibility index (Phi) is 9.14. The van der Waals surface area contributed by atoms with Gasteiger partial charge in [0.25, 0.3) is 0 Å². The summed E-state index contributed by atoms with van der Waals surface area (Å²) >= 11 is 0. The van der Waals surface area contributed by atoms with Gasteiger partial charge in [-0.25, -0.2) is 8.42 Å². The lowest BCUT2D eigenvalue weighted by Crippen LogP contribution is -2.54. The molecule has 0 spiro atoms. The first kappa shape index (κ1) is 28.0. The number of benzene rings is 2. The second kappa shape index (κ2) is 11.4. The molecule has 0 aromatic heterocycles. The molecule has 0 aliphatic rings. The number of amides is 2. The van der Waals surface area contributed by atoms with Crippen LogP contribution in [-0.4, -0.2) is 63.7 Å². The number of nitrogens with one attached hydrogen (secondary N) is 1. The summed E-state index contributed by atoms with van der Waals surface area (Å²) in [6.07, 6.45) is 1.02. The number of rotatable bonds is 10. The molecule has 35 heavy (non-hydrogen) atoms. The molecule has 0 saturated carbocycles. The predicted octanol–water partition coefficient (Wildman–Crippen LogP) is 2.80. The second-order valence-electron chi connectivity index (χ2n) is 9.23. The number of carbonyl (C=O) groups is 2. The first-order valence-corrected chi connectivity index (χ1v) is 13.0. The van der Waals surface area contributed by atoms with Crippen molar-refractivity contribution in [2.24, 2.45) is 0 Å². The third kappa shape index (κ3) is 7.88. The van der Waals surface area contributed by atoms with Crippen LogP contribution < -0.4 is 19.1 Å². The van der Waals surface area contributed by atoms with Crippen molar-refractivity contribution in [3.63, 3.8) is 0 Å². The van der Waals surface area contributed by atoms with Crippen LogP contribution in [0.25, 0.3) is 0 Å². The largest absolute Gasteiger partial charge is 0.497 e. The molecule has 1 N–H and O–H groups in total. The van der Waals surface area contributed by atoms with Gasteiger partial charge in [-0.2, -0.15) is 0 Å². The summed E-state index contributed by atoms with van der Waals surface area (Å²) in [7, 11) is -0.994. The number of ether oxygens (including phenoxy) is 2. The van der Waals surface area contributed by atoms with Crippen LogP contribution in [0.15, 0.2) is 48.5 Å². The van der Waals surface area contributed by atoms with Gasteiger partial charge < -0.3 is 19.7 Å². The lowest BCUT2D eigenvalue weighted by Gasteiger charge is -2.33. The average molecular weight is 506 g/mol. The molecule has 10 heteroatoms. The fraction of sp³-hybridized carbons (Fsp3) is 0.440. The lowest BCUT2D eigenvalue weighted by molar-refractivity contribution is -0.140. The Hall–Kier alpha value is -3.27. The van der Waals surface area contributed by atoms with Crippen LogP contribution in [0, 0.1) is 0 Å². The van der Waals surface area contributed by atoms with Crippen molar-refractivity contribution in [1.29, 1.82) is 0 Å². The zero-order valence-corrected chi connectivity index (χ0v) is 22.2. The maximum atomic E-state index is 13.6. The Morgan fingerprint density at radius 3 is 2.17 bits per heavy atom. The summed E-state index contributed by atoms with van der Waals surface area (Å²) in [6.45, 7) is 6.80. The van der Waals surface area contributed by atoms with Crippen LogP contribution in [0.3, 0.4) is 0 Å². The van der Waals surface area contributed by atoms with Gasteiger partial charge in [-0.15, -0.1) is 0 Å². The zero-order chi connectivity index (χ0) is 26.4. The minimum absolute atomic E-state index is 0.135. The lowest BCUT2D eigenvalue weighted by atomic mass is 10.1. The average Bonchev–Trinajstić information content (AvgIpc) is 2.78. The zero-order valence-electron chi connectivity index (χ0n) is 21.4. The summed E-state index contributed by atoms with van der Waals surface area (Å²) in [5.41, 5.74) is 0.502. The summed E-state index contributed by atoms with van der Waals surface area (Å²) in [4.78, 5) is 27.9. The highest BCUT2D eigenvalue weighted by Gasteiger charge is 2.32. The SMILES string of the molecule is COc1ccc(N(CC(=O)N(Cc2ccccc2)[C@@H](C)C(=O)NC(C)(C)C)S(C)(=O)=O)c(OC)c1. The number of nitrogens with zero attached hydrogens (tertiary/aromatic N) is 2. The van der Waals surface area contributed by atoms with Gasteiger partial charge in [0, 0.05) is 18.2 Å². The van der Waals surface area contributed by atoms with Crippen LogP contribution in [0.2, 0.25) is 0 Å². The number of carbonyl (C=O) groups excluding carboxylic acids is 2. The van der Waals surface area contributed by atoms with Gasteiger partial charge in [0.1, 0.15) is 24.1 Å². The van der Waals surface area contributed by atoms with Gasteiger partial charge in [-0.3, -0.25) is 13.9 Å². The monoisotopic (exact) mass is 505 g/mol. The minimum Gasteiger partial charge on any atom is -0.497 e. The van der Waals surface area contributed by atoms with Crippen LogP contribution >= 0.6 is 0 Å². The highest BCUT2D eigenvalue weighted by Crippen LogP contribution is 2.33. The van der Waals surface area contributed by atoms with E-state index in [4.69, 9.17) is 9.47 Å². The Morgan fingerprint density at radius 2 is 1.66 bits per heavy atom. The van der Waals surface area contributed by atoms with Crippen molar-refractivity contribution in [1.82, 2.24) is 10.2 Å². The minimum atomic E-state index is -3.88. The van der Waals surface area contributed by atoms with E-state index in [1.165, 1.54) is 25.2 Å². The van der Waals surface area contributed by atoms with Crippen molar-refractivity contribution in [2.75, 3.05) is 31.3 Å². The summed E-state index contributed by atoms with van der Waals surface area (Å²) < 4.78 is 37.0. The third-order valence-electron chi connectivity index (χ3n) is 5.20. The van der Waals surface area contributed by atoms with Crippen molar-refractivity contribution < 1.29 is 27.5 Å². The highest BCUT2D eigenvalue weighted by molar-refractivity contribution is 7.92. The van der Waals surface area contributed by atoms with Gasteiger partial charge in [-0.05, 0) is 45.4 Å². The van der Waals surface area contributed by atoms with E-state index in [1.807, 2.05) is 51.1 Å². The number of methoxy groups -OCH3 is 2. The summed E-state index contributed by atoms with van der Waals surface area (Å²) in [5, 5.41) is 2.89. The van der Waals surface area contributed by atoms with Gasteiger partial charge in [0.05, 0.1) is 26.2 Å². The van der Waals surface area contributed by atoms with Crippen LogP contribution in [0.1, 0.15) is 33.3 Å². The van der Waals surface area contributed by atoms with Crippen LogP contribution in [-0.2, 0) is 26.2 Å².